The predicted molar refractivity (Wildman–Crippen MR) is 54.1 cm³/mol. The molecule has 0 heterocycles. The van der Waals surface area contributed by atoms with E-state index in [0.29, 0.717) is 16.3 Å². The third-order valence-electron chi connectivity index (χ3n) is 1.47. The van der Waals surface area contributed by atoms with Crippen LogP contribution in [0.4, 0.5) is 18.9 Å². The zero-order valence-corrected chi connectivity index (χ0v) is 9.51. The number of quaternary nitrogens is 1. The summed E-state index contributed by atoms with van der Waals surface area (Å²) in [4.78, 5) is 19.5. The Balaban J connectivity index is 0.000000360. The van der Waals surface area contributed by atoms with E-state index in [2.05, 4.69) is 5.73 Å². The lowest BCUT2D eigenvalue weighted by molar-refractivity contribution is -0.344. The zero-order valence-electron chi connectivity index (χ0n) is 8.75. The van der Waals surface area contributed by atoms with Gasteiger partial charge < -0.3 is 15.6 Å². The third-order valence-corrected chi connectivity index (χ3v) is 1.69. The maximum atomic E-state index is 10.7. The first-order valence-corrected chi connectivity index (χ1v) is 4.62. The number of carboxylic acids is 1. The van der Waals surface area contributed by atoms with E-state index in [-0.39, 0.29) is 5.91 Å². The van der Waals surface area contributed by atoms with E-state index in [1.807, 2.05) is 0 Å². The highest BCUT2D eigenvalue weighted by atomic mass is 35.5. The molecule has 100 valence electrons. The topological polar surface area (TPSA) is 111 Å². The van der Waals surface area contributed by atoms with E-state index in [1.165, 1.54) is 6.07 Å². The van der Waals surface area contributed by atoms with Gasteiger partial charge in [0.15, 0.2) is 0 Å². The number of hydrogen-bond acceptors (Lipinski definition) is 4. The summed E-state index contributed by atoms with van der Waals surface area (Å²) in [5, 5.41) is 9.24. The molecule has 0 saturated heterocycles. The van der Waals surface area contributed by atoms with E-state index in [1.54, 1.807) is 12.1 Å². The van der Waals surface area contributed by atoms with E-state index in [4.69, 9.17) is 27.2 Å². The molecule has 1 rings (SSSR count). The van der Waals surface area contributed by atoms with Crippen LogP contribution in [0.1, 0.15) is 10.4 Å². The molecule has 0 atom stereocenters. The van der Waals surface area contributed by atoms with Crippen LogP contribution < -0.4 is 16.6 Å². The maximum absolute atomic E-state index is 10.7. The molecule has 1 aromatic carbocycles. The molecule has 5 N–H and O–H groups in total. The fourth-order valence-electron chi connectivity index (χ4n) is 0.773. The van der Waals surface area contributed by atoms with Crippen LogP contribution in [-0.2, 0) is 4.79 Å². The molecule has 0 aliphatic heterocycles. The number of halogens is 4. The van der Waals surface area contributed by atoms with Crippen LogP contribution in [0.5, 0.6) is 0 Å². The molecule has 1 amide bonds. The first-order chi connectivity index (χ1) is 8.04. The summed E-state index contributed by atoms with van der Waals surface area (Å²) in [7, 11) is 0. The van der Waals surface area contributed by atoms with Crippen molar-refractivity contribution in [1.29, 1.82) is 0 Å². The second-order valence-electron chi connectivity index (χ2n) is 2.98. The summed E-state index contributed by atoms with van der Waals surface area (Å²) in [6.45, 7) is 0. The number of anilines is 1. The maximum Gasteiger partial charge on any atom is 0.430 e. The molecule has 0 fully saturated rings. The number of nitrogens with two attached hydrogens (primary N) is 1. The van der Waals surface area contributed by atoms with Crippen LogP contribution in [0, 0.1) is 0 Å². The van der Waals surface area contributed by atoms with Crippen molar-refractivity contribution in [3.8, 4) is 0 Å². The average Bonchev–Trinajstić information content (AvgIpc) is 2.15. The Kier molecular flexibility index (Phi) is 5.60. The molecule has 0 aliphatic carbocycles. The van der Waals surface area contributed by atoms with Crippen LogP contribution in [0.15, 0.2) is 18.2 Å². The normalized spacial score (nSPS) is 10.3. The van der Waals surface area contributed by atoms with Gasteiger partial charge in [0.2, 0.25) is 0 Å². The molecule has 18 heavy (non-hydrogen) atoms. The van der Waals surface area contributed by atoms with Gasteiger partial charge in [-0.1, -0.05) is 11.6 Å². The van der Waals surface area contributed by atoms with Crippen molar-refractivity contribution < 1.29 is 33.6 Å². The Hall–Kier alpha value is -1.80. The summed E-state index contributed by atoms with van der Waals surface area (Å²) in [6, 6.07) is 4.66. The molecule has 0 spiro atoms. The number of rotatable bonds is 1. The molecular formula is C9H8ClF3N2O3. The number of aliphatic carboxylic acids is 1. The minimum atomic E-state index is -5.19. The van der Waals surface area contributed by atoms with Gasteiger partial charge in [-0.15, -0.1) is 0 Å². The Morgan fingerprint density at radius 1 is 1.28 bits per heavy atom. The number of nitrogen functional groups attached to an aromatic ring is 1. The summed E-state index contributed by atoms with van der Waals surface area (Å²) in [5.41, 5.74) is 9.59. The second kappa shape index (κ2) is 6.22. The van der Waals surface area contributed by atoms with Gasteiger partial charge in [-0.25, -0.2) is 4.79 Å². The molecule has 0 radical (unpaired) electrons. The third kappa shape index (κ3) is 6.06. The van der Waals surface area contributed by atoms with E-state index in [0.717, 1.165) is 0 Å². The lowest BCUT2D eigenvalue weighted by Gasteiger charge is -2.03. The minimum absolute atomic E-state index is 0.279. The summed E-state index contributed by atoms with van der Waals surface area (Å²) in [6.07, 6.45) is -5.19. The number of hydrogen-bond donors (Lipinski definition) is 2. The number of benzene rings is 1. The van der Waals surface area contributed by atoms with E-state index < -0.39 is 12.1 Å². The monoisotopic (exact) mass is 284 g/mol. The molecule has 0 bridgehead atoms. The molecule has 1 aromatic rings. The van der Waals surface area contributed by atoms with Crippen molar-refractivity contribution >= 4 is 29.2 Å². The minimum Gasteiger partial charge on any atom is -0.542 e. The van der Waals surface area contributed by atoms with Crippen molar-refractivity contribution in [2.24, 2.45) is 0 Å². The van der Waals surface area contributed by atoms with Crippen LogP contribution in [0.25, 0.3) is 0 Å². The number of alkyl halides is 3. The predicted octanol–water partition coefficient (Wildman–Crippen LogP) is -0.397. The summed E-state index contributed by atoms with van der Waals surface area (Å²) >= 11 is 5.63. The average molecular weight is 285 g/mol. The van der Waals surface area contributed by atoms with Gasteiger partial charge in [0.05, 0.1) is 5.56 Å². The van der Waals surface area contributed by atoms with Crippen molar-refractivity contribution in [2.75, 3.05) is 5.73 Å². The number of amides is 1. The van der Waals surface area contributed by atoms with E-state index in [9.17, 15) is 18.0 Å². The van der Waals surface area contributed by atoms with Crippen LogP contribution in [0.3, 0.4) is 0 Å². The SMILES string of the molecule is Nc1cc(Cl)cc(C([NH3+])=O)c1.O=C([O-])C(F)(F)F. The first-order valence-electron chi connectivity index (χ1n) is 4.24. The standard InChI is InChI=1S/C7H7ClN2O.C2HF3O2/c8-5-1-4(7(10)11)2-6(9)3-5;3-2(4,5)1(6)7/h1-3H,9H2,(H2,10,11);(H,6,7). The van der Waals surface area contributed by atoms with Gasteiger partial charge in [0, 0.05) is 10.7 Å². The summed E-state index contributed by atoms with van der Waals surface area (Å²) < 4.78 is 31.5. The Morgan fingerprint density at radius 3 is 2.00 bits per heavy atom. The van der Waals surface area contributed by atoms with Crippen molar-refractivity contribution in [3.63, 3.8) is 0 Å². The number of carbonyl (C=O) groups is 2. The Labute approximate surface area is 104 Å². The first kappa shape index (κ1) is 16.2. The highest BCUT2D eigenvalue weighted by Gasteiger charge is 2.28. The van der Waals surface area contributed by atoms with Gasteiger partial charge >= 0.3 is 12.1 Å². The van der Waals surface area contributed by atoms with Gasteiger partial charge in [0.1, 0.15) is 5.97 Å². The lowest BCUT2D eigenvalue weighted by Crippen LogP contribution is -2.56. The molecule has 9 heteroatoms. The molecular weight excluding hydrogens is 277 g/mol. The van der Waals surface area contributed by atoms with Gasteiger partial charge in [-0.2, -0.15) is 13.2 Å². The fraction of sp³-hybridized carbons (Fsp3) is 0.111. The zero-order chi connectivity index (χ0) is 14.5. The smallest absolute Gasteiger partial charge is 0.430 e. The summed E-state index contributed by atoms with van der Waals surface area (Å²) in [5.74, 6) is -3.29. The fourth-order valence-corrected chi connectivity index (χ4v) is 1.02. The van der Waals surface area contributed by atoms with Crippen LogP contribution in [-0.4, -0.2) is 18.1 Å². The Bertz CT molecular complexity index is 443. The van der Waals surface area contributed by atoms with E-state index >= 15 is 0 Å². The number of carboxylic acid groups (broad SMARTS) is 1. The van der Waals surface area contributed by atoms with Crippen LogP contribution in [0.2, 0.25) is 5.02 Å². The molecule has 0 saturated carbocycles. The number of carbonyl (C=O) groups excluding carboxylic acids is 2. The van der Waals surface area contributed by atoms with Crippen molar-refractivity contribution in [1.82, 2.24) is 0 Å². The Morgan fingerprint density at radius 2 is 1.72 bits per heavy atom. The van der Waals surface area contributed by atoms with Gasteiger partial charge in [-0.05, 0) is 18.2 Å². The molecule has 0 unspecified atom stereocenters. The molecule has 5 nitrogen and oxygen atoms in total. The highest BCUT2D eigenvalue weighted by molar-refractivity contribution is 6.31. The van der Waals surface area contributed by atoms with Gasteiger partial charge in [0.25, 0.3) is 0 Å². The van der Waals surface area contributed by atoms with Crippen molar-refractivity contribution in [2.45, 2.75) is 6.18 Å². The van der Waals surface area contributed by atoms with Gasteiger partial charge in [-0.3, -0.25) is 5.73 Å². The largest absolute Gasteiger partial charge is 0.542 e. The second-order valence-corrected chi connectivity index (χ2v) is 3.42. The molecule has 0 aromatic heterocycles. The molecule has 0 aliphatic rings. The quantitative estimate of drug-likeness (QED) is 0.684. The highest BCUT2D eigenvalue weighted by Crippen LogP contribution is 2.15. The van der Waals surface area contributed by atoms with Crippen molar-refractivity contribution in [3.05, 3.63) is 28.8 Å². The van der Waals surface area contributed by atoms with Crippen LogP contribution >= 0.6 is 11.6 Å². The lowest BCUT2D eigenvalue weighted by atomic mass is 10.2.